The van der Waals surface area contributed by atoms with E-state index in [0.29, 0.717) is 35.6 Å². The Balaban J connectivity index is 1.75. The molecule has 0 fully saturated rings. The van der Waals surface area contributed by atoms with Crippen LogP contribution in [0.3, 0.4) is 0 Å². The Morgan fingerprint density at radius 1 is 1.18 bits per heavy atom. The maximum Gasteiger partial charge on any atom is 0.298 e. The van der Waals surface area contributed by atoms with Gasteiger partial charge in [0.05, 0.1) is 6.10 Å². The second kappa shape index (κ2) is 10.8. The van der Waals surface area contributed by atoms with Gasteiger partial charge in [-0.15, -0.1) is 0 Å². The van der Waals surface area contributed by atoms with Crippen molar-refractivity contribution in [2.45, 2.75) is 39.3 Å². The smallest absolute Gasteiger partial charge is 0.298 e. The molecule has 0 aliphatic carbocycles. The Morgan fingerprint density at radius 3 is 2.52 bits per heavy atom. The van der Waals surface area contributed by atoms with Crippen LogP contribution in [0, 0.1) is 11.7 Å². The fourth-order valence-corrected chi connectivity index (χ4v) is 3.60. The number of oxazole rings is 1. The first-order chi connectivity index (χ1) is 15.7. The van der Waals surface area contributed by atoms with E-state index in [2.05, 4.69) is 4.98 Å². The molecule has 0 saturated heterocycles. The van der Waals surface area contributed by atoms with Gasteiger partial charge in [-0.1, -0.05) is 26.0 Å². The third kappa shape index (κ3) is 6.30. The molecule has 0 unspecified atom stereocenters. The van der Waals surface area contributed by atoms with E-state index in [1.165, 1.54) is 12.1 Å². The maximum absolute atomic E-state index is 13.3. The maximum atomic E-state index is 13.3. The van der Waals surface area contributed by atoms with Crippen LogP contribution in [0.15, 0.2) is 46.9 Å². The quantitative estimate of drug-likeness (QED) is 0.485. The van der Waals surface area contributed by atoms with Gasteiger partial charge in [-0.2, -0.15) is 4.98 Å². The number of aromatic nitrogens is 1. The van der Waals surface area contributed by atoms with E-state index >= 15 is 0 Å². The molecule has 1 aromatic heterocycles. The van der Waals surface area contributed by atoms with Crippen molar-refractivity contribution in [2.75, 3.05) is 31.6 Å². The van der Waals surface area contributed by atoms with Crippen molar-refractivity contribution < 1.29 is 18.7 Å². The molecule has 33 heavy (non-hydrogen) atoms. The van der Waals surface area contributed by atoms with Crippen LogP contribution in [0.25, 0.3) is 11.1 Å². The molecule has 1 heterocycles. The molecule has 3 aromatic rings. The number of hydrogen-bond donors (Lipinski definition) is 2. The number of rotatable bonds is 10. The molecular weight excluding hydrogens is 423 g/mol. The summed E-state index contributed by atoms with van der Waals surface area (Å²) in [6, 6.07) is 11.1. The molecule has 0 radical (unpaired) electrons. The molecule has 2 aromatic carbocycles. The minimum atomic E-state index is -0.934. The first-order valence-electron chi connectivity index (χ1n) is 11.3. The topological polar surface area (TPSA) is 95.8 Å². The summed E-state index contributed by atoms with van der Waals surface area (Å²) in [5.41, 5.74) is 8.72. The Hall–Kier alpha value is -2.97. The molecular formula is C25H33FN4O3. The number of aliphatic hydroxyl groups is 1. The molecule has 178 valence electrons. The van der Waals surface area contributed by atoms with Gasteiger partial charge in [0.1, 0.15) is 11.3 Å². The minimum absolute atomic E-state index is 0.0949. The van der Waals surface area contributed by atoms with E-state index in [4.69, 9.17) is 10.2 Å². The van der Waals surface area contributed by atoms with Gasteiger partial charge in [0.2, 0.25) is 0 Å². The summed E-state index contributed by atoms with van der Waals surface area (Å²) in [4.78, 5) is 21.3. The van der Waals surface area contributed by atoms with E-state index in [1.54, 1.807) is 35.2 Å². The fraction of sp³-hybridized carbons (Fsp3) is 0.440. The summed E-state index contributed by atoms with van der Waals surface area (Å²) in [7, 11) is 1.89. The lowest BCUT2D eigenvalue weighted by atomic mass is 10.0. The van der Waals surface area contributed by atoms with E-state index in [0.717, 1.165) is 12.1 Å². The lowest BCUT2D eigenvalue weighted by molar-refractivity contribution is 0.0545. The number of aliphatic hydroxyl groups excluding tert-OH is 1. The van der Waals surface area contributed by atoms with Crippen molar-refractivity contribution in [3.63, 3.8) is 0 Å². The number of hydrogen-bond acceptors (Lipinski definition) is 6. The van der Waals surface area contributed by atoms with Crippen molar-refractivity contribution in [1.29, 1.82) is 0 Å². The highest BCUT2D eigenvalue weighted by atomic mass is 19.1. The Bertz CT molecular complexity index is 1070. The van der Waals surface area contributed by atoms with Gasteiger partial charge in [-0.3, -0.25) is 4.79 Å². The molecule has 7 nitrogen and oxygen atoms in total. The van der Waals surface area contributed by atoms with Crippen LogP contribution in [-0.2, 0) is 6.42 Å². The molecule has 0 aliphatic heterocycles. The molecule has 2 atom stereocenters. The van der Waals surface area contributed by atoms with Crippen LogP contribution in [0.1, 0.15) is 36.7 Å². The van der Waals surface area contributed by atoms with Crippen molar-refractivity contribution in [3.05, 3.63) is 59.4 Å². The van der Waals surface area contributed by atoms with Crippen molar-refractivity contribution >= 4 is 23.0 Å². The summed E-state index contributed by atoms with van der Waals surface area (Å²) in [6.07, 6.45) is -0.556. The van der Waals surface area contributed by atoms with Crippen LogP contribution < -0.4 is 10.6 Å². The van der Waals surface area contributed by atoms with Crippen molar-refractivity contribution in [1.82, 2.24) is 9.88 Å². The first-order valence-corrected chi connectivity index (χ1v) is 11.3. The Morgan fingerprint density at radius 2 is 1.88 bits per heavy atom. The van der Waals surface area contributed by atoms with Gasteiger partial charge in [-0.05, 0) is 55.2 Å². The van der Waals surface area contributed by atoms with Crippen LogP contribution >= 0.6 is 0 Å². The average molecular weight is 457 g/mol. The first kappa shape index (κ1) is 24.7. The second-order valence-corrected chi connectivity index (χ2v) is 8.86. The number of carbonyl (C=O) groups is 1. The zero-order valence-corrected chi connectivity index (χ0v) is 19.7. The molecule has 1 amide bonds. The number of amides is 1. The lowest BCUT2D eigenvalue weighted by Gasteiger charge is -2.29. The highest BCUT2D eigenvalue weighted by Crippen LogP contribution is 2.23. The number of halogens is 1. The Kier molecular flexibility index (Phi) is 8.05. The summed E-state index contributed by atoms with van der Waals surface area (Å²) in [6.45, 7) is 7.33. The number of benzene rings is 2. The van der Waals surface area contributed by atoms with E-state index in [-0.39, 0.29) is 24.2 Å². The van der Waals surface area contributed by atoms with Crippen LogP contribution in [0.2, 0.25) is 0 Å². The zero-order valence-electron chi connectivity index (χ0n) is 19.7. The molecule has 0 spiro atoms. The lowest BCUT2D eigenvalue weighted by Crippen LogP contribution is -2.47. The third-order valence-electron chi connectivity index (χ3n) is 5.58. The molecule has 0 aliphatic rings. The van der Waals surface area contributed by atoms with E-state index < -0.39 is 12.1 Å². The number of fused-ring (bicyclic) bond motifs is 1. The minimum Gasteiger partial charge on any atom is -0.423 e. The van der Waals surface area contributed by atoms with Crippen LogP contribution in [0.4, 0.5) is 10.4 Å². The third-order valence-corrected chi connectivity index (χ3v) is 5.58. The van der Waals surface area contributed by atoms with Crippen LogP contribution in [-0.4, -0.2) is 59.7 Å². The SMILES string of the molecule is CCN(C)c1nc2ccc(C(=O)N(CC(C)C)C[C@@H](O)[C@@H](N)Cc3ccc(F)cc3)cc2o1. The van der Waals surface area contributed by atoms with Gasteiger partial charge < -0.3 is 25.1 Å². The highest BCUT2D eigenvalue weighted by Gasteiger charge is 2.24. The summed E-state index contributed by atoms with van der Waals surface area (Å²) in [5, 5.41) is 10.7. The van der Waals surface area contributed by atoms with Gasteiger partial charge in [-0.25, -0.2) is 4.39 Å². The normalized spacial score (nSPS) is 13.3. The number of carbonyl (C=O) groups excluding carboxylic acids is 1. The van der Waals surface area contributed by atoms with E-state index in [9.17, 15) is 14.3 Å². The monoisotopic (exact) mass is 456 g/mol. The summed E-state index contributed by atoms with van der Waals surface area (Å²) >= 11 is 0. The van der Waals surface area contributed by atoms with Gasteiger partial charge in [0, 0.05) is 38.3 Å². The second-order valence-electron chi connectivity index (χ2n) is 8.86. The Labute approximate surface area is 194 Å². The van der Waals surface area contributed by atoms with Gasteiger partial charge in [0.25, 0.3) is 11.9 Å². The molecule has 8 heteroatoms. The summed E-state index contributed by atoms with van der Waals surface area (Å²) in [5.74, 6) is -0.326. The number of nitrogens with zero attached hydrogens (tertiary/aromatic N) is 3. The molecule has 0 bridgehead atoms. The van der Waals surface area contributed by atoms with Crippen molar-refractivity contribution in [2.24, 2.45) is 11.7 Å². The number of anilines is 1. The predicted molar refractivity (Wildman–Crippen MR) is 128 cm³/mol. The van der Waals surface area contributed by atoms with Gasteiger partial charge >= 0.3 is 0 Å². The molecule has 3 N–H and O–H groups in total. The fourth-order valence-electron chi connectivity index (χ4n) is 3.60. The zero-order chi connectivity index (χ0) is 24.1. The standard InChI is InChI=1S/C25H33FN4O3/c1-5-29(4)25-28-21-11-8-18(13-23(21)33-25)24(32)30(14-16(2)3)15-22(31)20(27)12-17-6-9-19(26)10-7-17/h6-11,13,16,20,22,31H,5,12,14-15,27H2,1-4H3/t20-,22+/m0/s1. The highest BCUT2D eigenvalue weighted by molar-refractivity contribution is 5.97. The van der Waals surface area contributed by atoms with Crippen LogP contribution in [0.5, 0.6) is 0 Å². The van der Waals surface area contributed by atoms with Gasteiger partial charge in [0.15, 0.2) is 5.58 Å². The van der Waals surface area contributed by atoms with E-state index in [1.807, 2.05) is 32.7 Å². The molecule has 0 saturated carbocycles. The average Bonchev–Trinajstić information content (AvgIpc) is 3.22. The largest absolute Gasteiger partial charge is 0.423 e. The number of nitrogens with two attached hydrogens (primary N) is 1. The van der Waals surface area contributed by atoms with Crippen molar-refractivity contribution in [3.8, 4) is 0 Å². The predicted octanol–water partition coefficient (Wildman–Crippen LogP) is 3.45. The summed E-state index contributed by atoms with van der Waals surface area (Å²) < 4.78 is 19.0. The molecule has 3 rings (SSSR count).